The number of nitrogens with two attached hydrogens (primary N) is 1. The zero-order valence-corrected chi connectivity index (χ0v) is 15.3. The minimum absolute atomic E-state index is 0.0847. The molecule has 0 spiro atoms. The largest absolute Gasteiger partial charge is 0.369 e. The number of hydrogen-bond donors (Lipinski definition) is 2. The predicted molar refractivity (Wildman–Crippen MR) is 103 cm³/mol. The van der Waals surface area contributed by atoms with Gasteiger partial charge in [0.05, 0.1) is 17.4 Å². The van der Waals surface area contributed by atoms with Crippen LogP contribution in [0.2, 0.25) is 0 Å². The fraction of sp³-hybridized carbons (Fsp3) is 0.333. The fourth-order valence-corrected chi connectivity index (χ4v) is 3.78. The van der Waals surface area contributed by atoms with Crippen LogP contribution in [0, 0.1) is 5.92 Å². The molecule has 4 aromatic rings. The van der Waals surface area contributed by atoms with Gasteiger partial charge in [0, 0.05) is 30.6 Å². The van der Waals surface area contributed by atoms with Crippen LogP contribution in [-0.4, -0.2) is 46.7 Å². The third-order valence-electron chi connectivity index (χ3n) is 5.21. The van der Waals surface area contributed by atoms with Crippen LogP contribution in [0.25, 0.3) is 27.8 Å². The van der Waals surface area contributed by atoms with Crippen LogP contribution in [0.15, 0.2) is 30.6 Å². The second-order valence-corrected chi connectivity index (χ2v) is 7.20. The molecule has 1 saturated carbocycles. The quantitative estimate of drug-likeness (QED) is 0.546. The number of carbonyl (C=O) groups is 1. The van der Waals surface area contributed by atoms with Gasteiger partial charge in [0.25, 0.3) is 0 Å². The Hall–Kier alpha value is -3.56. The van der Waals surface area contributed by atoms with Crippen LogP contribution in [0.1, 0.15) is 19.3 Å². The third kappa shape index (κ3) is 2.82. The lowest BCUT2D eigenvalue weighted by molar-refractivity contribution is -0.121. The normalized spacial score (nSPS) is 19.5. The Morgan fingerprint density at radius 2 is 2.18 bits per heavy atom. The van der Waals surface area contributed by atoms with Gasteiger partial charge in [0.15, 0.2) is 11.2 Å². The second kappa shape index (κ2) is 6.25. The van der Waals surface area contributed by atoms with Crippen molar-refractivity contribution in [2.24, 2.45) is 18.7 Å². The standard InChI is InChI=1S/C18H19N9O/c1-26-9-11-3-5-13(7-14(11)24-26)27-17-15(23-25-27)8-20-18(22-17)21-12-4-2-10(6-12)16(19)28/h3,5,7-10,12H,2,4,6H2,1H3,(H2,19,28)(H,20,21,22)/t10-,12-/m1/s1. The first kappa shape index (κ1) is 16.6. The Labute approximate surface area is 159 Å². The number of rotatable bonds is 4. The lowest BCUT2D eigenvalue weighted by atomic mass is 10.1. The van der Waals surface area contributed by atoms with Gasteiger partial charge in [-0.1, -0.05) is 5.21 Å². The van der Waals surface area contributed by atoms with Gasteiger partial charge in [-0.3, -0.25) is 9.48 Å². The number of nitrogens with one attached hydrogen (secondary N) is 1. The number of benzene rings is 1. The molecule has 3 heterocycles. The number of amides is 1. The summed E-state index contributed by atoms with van der Waals surface area (Å²) < 4.78 is 3.45. The monoisotopic (exact) mass is 377 g/mol. The van der Waals surface area contributed by atoms with Crippen LogP contribution < -0.4 is 11.1 Å². The first-order valence-electron chi connectivity index (χ1n) is 9.15. The van der Waals surface area contributed by atoms with E-state index in [1.807, 2.05) is 31.4 Å². The van der Waals surface area contributed by atoms with E-state index in [4.69, 9.17) is 5.73 Å². The molecule has 0 radical (unpaired) electrons. The highest BCUT2D eigenvalue weighted by Crippen LogP contribution is 2.27. The molecule has 1 aliphatic rings. The van der Waals surface area contributed by atoms with E-state index < -0.39 is 0 Å². The summed E-state index contributed by atoms with van der Waals surface area (Å²) in [5, 5.41) is 17.2. The molecule has 0 saturated heterocycles. The number of primary amides is 1. The Kier molecular flexibility index (Phi) is 3.71. The third-order valence-corrected chi connectivity index (χ3v) is 5.21. The van der Waals surface area contributed by atoms with Crippen molar-refractivity contribution < 1.29 is 4.79 Å². The summed E-state index contributed by atoms with van der Waals surface area (Å²) in [6, 6.07) is 6.03. The van der Waals surface area contributed by atoms with Gasteiger partial charge in [-0.05, 0) is 37.5 Å². The molecule has 10 heteroatoms. The summed E-state index contributed by atoms with van der Waals surface area (Å²) in [5.74, 6) is 0.163. The van der Waals surface area contributed by atoms with E-state index in [0.29, 0.717) is 23.5 Å². The van der Waals surface area contributed by atoms with Crippen molar-refractivity contribution in [3.05, 3.63) is 30.6 Å². The Morgan fingerprint density at radius 1 is 1.29 bits per heavy atom. The summed E-state index contributed by atoms with van der Waals surface area (Å²) in [4.78, 5) is 20.3. The van der Waals surface area contributed by atoms with Crippen LogP contribution in [0.3, 0.4) is 0 Å². The summed E-state index contributed by atoms with van der Waals surface area (Å²) >= 11 is 0. The van der Waals surface area contributed by atoms with Crippen molar-refractivity contribution in [2.45, 2.75) is 25.3 Å². The van der Waals surface area contributed by atoms with Crippen molar-refractivity contribution in [3.8, 4) is 5.69 Å². The number of aromatic nitrogens is 7. The van der Waals surface area contributed by atoms with Crippen molar-refractivity contribution in [3.63, 3.8) is 0 Å². The zero-order valence-electron chi connectivity index (χ0n) is 15.3. The maximum Gasteiger partial charge on any atom is 0.225 e. The van der Waals surface area contributed by atoms with E-state index in [1.165, 1.54) is 0 Å². The number of fused-ring (bicyclic) bond motifs is 2. The zero-order chi connectivity index (χ0) is 19.3. The van der Waals surface area contributed by atoms with Crippen molar-refractivity contribution in [1.29, 1.82) is 0 Å². The Bertz CT molecular complexity index is 1190. The van der Waals surface area contributed by atoms with Gasteiger partial charge in [-0.2, -0.15) is 14.8 Å². The van der Waals surface area contributed by atoms with Gasteiger partial charge >= 0.3 is 0 Å². The maximum absolute atomic E-state index is 11.4. The van der Waals surface area contributed by atoms with Crippen molar-refractivity contribution >= 4 is 33.9 Å². The van der Waals surface area contributed by atoms with Crippen molar-refractivity contribution in [2.75, 3.05) is 5.32 Å². The minimum Gasteiger partial charge on any atom is -0.369 e. The topological polar surface area (TPSA) is 129 Å². The number of aryl methyl sites for hydroxylation is 1. The van der Waals surface area contributed by atoms with Crippen LogP contribution in [0.5, 0.6) is 0 Å². The first-order valence-corrected chi connectivity index (χ1v) is 9.15. The molecular weight excluding hydrogens is 358 g/mol. The smallest absolute Gasteiger partial charge is 0.225 e. The van der Waals surface area contributed by atoms with Gasteiger partial charge in [-0.15, -0.1) is 5.10 Å². The molecular formula is C18H19N9O. The van der Waals surface area contributed by atoms with E-state index in [0.717, 1.165) is 29.4 Å². The SMILES string of the molecule is Cn1cc2ccc(-n3nnc4cnc(N[C@@H]5CC[C@@H](C(N)=O)C5)nc43)cc2n1. The highest BCUT2D eigenvalue weighted by Gasteiger charge is 2.28. The molecule has 2 atom stereocenters. The van der Waals surface area contributed by atoms with E-state index in [-0.39, 0.29) is 17.9 Å². The molecule has 10 nitrogen and oxygen atoms in total. The summed E-state index contributed by atoms with van der Waals surface area (Å²) in [6.45, 7) is 0. The van der Waals surface area contributed by atoms with Crippen LogP contribution in [-0.2, 0) is 11.8 Å². The predicted octanol–water partition coefficient (Wildman–Crippen LogP) is 1.16. The Balaban J connectivity index is 1.47. The molecule has 142 valence electrons. The number of nitrogens with zero attached hydrogens (tertiary/aromatic N) is 7. The van der Waals surface area contributed by atoms with Crippen LogP contribution in [0.4, 0.5) is 5.95 Å². The van der Waals surface area contributed by atoms with Crippen molar-refractivity contribution in [1.82, 2.24) is 34.7 Å². The van der Waals surface area contributed by atoms with E-state index in [9.17, 15) is 4.79 Å². The first-order chi connectivity index (χ1) is 13.6. The van der Waals surface area contributed by atoms with E-state index in [2.05, 4.69) is 30.7 Å². The molecule has 3 N–H and O–H groups in total. The lowest BCUT2D eigenvalue weighted by Gasteiger charge is -2.12. The maximum atomic E-state index is 11.4. The molecule has 5 rings (SSSR count). The highest BCUT2D eigenvalue weighted by atomic mass is 16.1. The number of anilines is 1. The van der Waals surface area contributed by atoms with Gasteiger partial charge in [0.2, 0.25) is 11.9 Å². The highest BCUT2D eigenvalue weighted by molar-refractivity contribution is 5.81. The van der Waals surface area contributed by atoms with Gasteiger partial charge in [0.1, 0.15) is 0 Å². The van der Waals surface area contributed by atoms with E-state index in [1.54, 1.807) is 15.6 Å². The molecule has 0 bridgehead atoms. The second-order valence-electron chi connectivity index (χ2n) is 7.20. The fourth-order valence-electron chi connectivity index (χ4n) is 3.78. The van der Waals surface area contributed by atoms with Gasteiger partial charge in [-0.25, -0.2) is 4.98 Å². The number of hydrogen-bond acceptors (Lipinski definition) is 7. The minimum atomic E-state index is -0.243. The molecule has 1 aliphatic carbocycles. The summed E-state index contributed by atoms with van der Waals surface area (Å²) in [5.41, 5.74) is 8.33. The molecule has 0 unspecified atom stereocenters. The average Bonchev–Trinajstić information content (AvgIpc) is 3.38. The molecule has 1 aromatic carbocycles. The molecule has 3 aromatic heterocycles. The summed E-state index contributed by atoms with van der Waals surface area (Å²) in [6.07, 6.45) is 5.96. The number of carbonyl (C=O) groups excluding carboxylic acids is 1. The molecule has 28 heavy (non-hydrogen) atoms. The van der Waals surface area contributed by atoms with Crippen LogP contribution >= 0.6 is 0 Å². The molecule has 0 aliphatic heterocycles. The molecule has 1 amide bonds. The molecule has 1 fully saturated rings. The lowest BCUT2D eigenvalue weighted by Crippen LogP contribution is -2.23. The Morgan fingerprint density at radius 3 is 3.00 bits per heavy atom. The summed E-state index contributed by atoms with van der Waals surface area (Å²) in [7, 11) is 1.89. The van der Waals surface area contributed by atoms with Gasteiger partial charge < -0.3 is 11.1 Å². The van der Waals surface area contributed by atoms with E-state index >= 15 is 0 Å². The average molecular weight is 377 g/mol.